The summed E-state index contributed by atoms with van der Waals surface area (Å²) in [5.41, 5.74) is -1.09. The van der Waals surface area contributed by atoms with E-state index in [2.05, 4.69) is 5.32 Å². The van der Waals surface area contributed by atoms with E-state index in [-0.39, 0.29) is 12.3 Å². The maximum atomic E-state index is 13.2. The van der Waals surface area contributed by atoms with Crippen molar-refractivity contribution in [3.63, 3.8) is 0 Å². The van der Waals surface area contributed by atoms with Crippen molar-refractivity contribution in [3.8, 4) is 0 Å². The molecule has 0 fully saturated rings. The van der Waals surface area contributed by atoms with Crippen LogP contribution in [0.25, 0.3) is 0 Å². The number of nitro groups is 1. The van der Waals surface area contributed by atoms with Gasteiger partial charge in [-0.05, 0) is 24.5 Å². The van der Waals surface area contributed by atoms with Gasteiger partial charge in [-0.1, -0.05) is 13.8 Å². The summed E-state index contributed by atoms with van der Waals surface area (Å²) in [4.78, 5) is 33.0. The second-order valence-corrected chi connectivity index (χ2v) is 4.91. The highest BCUT2D eigenvalue weighted by Crippen LogP contribution is 2.20. The zero-order valence-electron chi connectivity index (χ0n) is 11.5. The number of carboxylic acids is 1. The van der Waals surface area contributed by atoms with E-state index < -0.39 is 39.9 Å². The summed E-state index contributed by atoms with van der Waals surface area (Å²) in [5, 5.41) is 22.0. The Hall–Kier alpha value is -2.51. The van der Waals surface area contributed by atoms with E-state index in [1.807, 2.05) is 0 Å². The van der Waals surface area contributed by atoms with Crippen LogP contribution in [0.2, 0.25) is 0 Å². The fraction of sp³-hybridized carbons (Fsp3) is 0.385. The van der Waals surface area contributed by atoms with Crippen LogP contribution in [0, 0.1) is 21.8 Å². The number of carbonyl (C=O) groups excluding carboxylic acids is 1. The number of nitrogens with one attached hydrogen (secondary N) is 1. The lowest BCUT2D eigenvalue weighted by atomic mass is 10.0. The quantitative estimate of drug-likeness (QED) is 0.616. The number of rotatable bonds is 6. The summed E-state index contributed by atoms with van der Waals surface area (Å²) in [6.07, 6.45) is 0.157. The normalized spacial score (nSPS) is 12.0. The molecule has 21 heavy (non-hydrogen) atoms. The lowest BCUT2D eigenvalue weighted by molar-refractivity contribution is -0.385. The molecular formula is C13H15FN2O5. The maximum Gasteiger partial charge on any atom is 0.326 e. The van der Waals surface area contributed by atoms with Crippen LogP contribution in [-0.4, -0.2) is 27.9 Å². The third kappa shape index (κ3) is 4.51. The van der Waals surface area contributed by atoms with Crippen LogP contribution in [0.5, 0.6) is 0 Å². The van der Waals surface area contributed by atoms with Crippen molar-refractivity contribution in [2.24, 2.45) is 5.92 Å². The number of carbonyl (C=O) groups is 2. The maximum absolute atomic E-state index is 13.2. The molecule has 2 N–H and O–H groups in total. The largest absolute Gasteiger partial charge is 0.480 e. The number of hydrogen-bond acceptors (Lipinski definition) is 4. The van der Waals surface area contributed by atoms with E-state index in [9.17, 15) is 24.1 Å². The molecule has 0 bridgehead atoms. The molecule has 1 atom stereocenters. The Labute approximate surface area is 119 Å². The van der Waals surface area contributed by atoms with E-state index >= 15 is 0 Å². The molecule has 0 radical (unpaired) electrons. The van der Waals surface area contributed by atoms with Gasteiger partial charge in [0.05, 0.1) is 4.92 Å². The molecule has 8 heteroatoms. The molecule has 1 rings (SSSR count). The highest BCUT2D eigenvalue weighted by atomic mass is 19.1. The zero-order valence-corrected chi connectivity index (χ0v) is 11.5. The number of carboxylic acid groups (broad SMARTS) is 1. The fourth-order valence-corrected chi connectivity index (χ4v) is 1.78. The fourth-order valence-electron chi connectivity index (χ4n) is 1.78. The van der Waals surface area contributed by atoms with Gasteiger partial charge in [0.15, 0.2) is 0 Å². The molecule has 1 amide bonds. The van der Waals surface area contributed by atoms with E-state index in [1.54, 1.807) is 13.8 Å². The first kappa shape index (κ1) is 16.5. The Bertz CT molecular complexity index is 574. The third-order valence-corrected chi connectivity index (χ3v) is 2.71. The number of hydrogen-bond donors (Lipinski definition) is 2. The summed E-state index contributed by atoms with van der Waals surface area (Å²) in [7, 11) is 0. The van der Waals surface area contributed by atoms with Gasteiger partial charge < -0.3 is 10.4 Å². The summed E-state index contributed by atoms with van der Waals surface area (Å²) in [6.45, 7) is 3.54. The molecule has 0 unspecified atom stereocenters. The summed E-state index contributed by atoms with van der Waals surface area (Å²) >= 11 is 0. The van der Waals surface area contributed by atoms with E-state index in [1.165, 1.54) is 0 Å². The lowest BCUT2D eigenvalue weighted by Crippen LogP contribution is -2.41. The number of nitrogens with zero attached hydrogens (tertiary/aromatic N) is 1. The number of aliphatic carboxylic acids is 1. The van der Waals surface area contributed by atoms with Gasteiger partial charge in [-0.15, -0.1) is 0 Å². The van der Waals surface area contributed by atoms with Crippen molar-refractivity contribution in [2.75, 3.05) is 0 Å². The predicted molar refractivity (Wildman–Crippen MR) is 71.4 cm³/mol. The molecule has 0 aromatic heterocycles. The van der Waals surface area contributed by atoms with Gasteiger partial charge in [0, 0.05) is 6.07 Å². The molecule has 0 spiro atoms. The molecule has 1 aromatic carbocycles. The molecular weight excluding hydrogens is 283 g/mol. The van der Waals surface area contributed by atoms with Crippen LogP contribution in [0.15, 0.2) is 18.2 Å². The van der Waals surface area contributed by atoms with Crippen molar-refractivity contribution >= 4 is 17.6 Å². The summed E-state index contributed by atoms with van der Waals surface area (Å²) in [5.74, 6) is -3.07. The Morgan fingerprint density at radius 2 is 2.05 bits per heavy atom. The number of benzene rings is 1. The first-order valence-electron chi connectivity index (χ1n) is 6.20. The molecule has 0 saturated carbocycles. The minimum Gasteiger partial charge on any atom is -0.480 e. The highest BCUT2D eigenvalue weighted by Gasteiger charge is 2.26. The lowest BCUT2D eigenvalue weighted by Gasteiger charge is -2.16. The SMILES string of the molecule is CC(C)C[C@@H](NC(=O)c1cc(F)ccc1[N+](=O)[O-])C(=O)O. The standard InChI is InChI=1S/C13H15FN2O5/c1-7(2)5-10(13(18)19)15-12(17)9-6-8(14)3-4-11(9)16(20)21/h3-4,6-7,10H,5H2,1-2H3,(H,15,17)(H,18,19)/t10-/m1/s1. The van der Waals surface area contributed by atoms with Gasteiger partial charge in [-0.25, -0.2) is 9.18 Å². The van der Waals surface area contributed by atoms with Crippen LogP contribution in [-0.2, 0) is 4.79 Å². The molecule has 7 nitrogen and oxygen atoms in total. The third-order valence-electron chi connectivity index (χ3n) is 2.71. The van der Waals surface area contributed by atoms with Crippen LogP contribution >= 0.6 is 0 Å². The number of halogens is 1. The van der Waals surface area contributed by atoms with E-state index in [0.717, 1.165) is 12.1 Å². The molecule has 1 aromatic rings. The Balaban J connectivity index is 3.05. The van der Waals surface area contributed by atoms with Crippen molar-refractivity contribution in [3.05, 3.63) is 39.7 Å². The Kier molecular flexibility index (Phi) is 5.34. The minimum atomic E-state index is -1.25. The van der Waals surface area contributed by atoms with Gasteiger partial charge in [-0.2, -0.15) is 0 Å². The minimum absolute atomic E-state index is 0.00565. The van der Waals surface area contributed by atoms with E-state index in [4.69, 9.17) is 5.11 Å². The molecule has 0 aliphatic carbocycles. The van der Waals surface area contributed by atoms with Crippen LogP contribution in [0.1, 0.15) is 30.6 Å². The van der Waals surface area contributed by atoms with Gasteiger partial charge in [0.2, 0.25) is 0 Å². The Morgan fingerprint density at radius 3 is 2.52 bits per heavy atom. The van der Waals surface area contributed by atoms with Crippen molar-refractivity contribution in [2.45, 2.75) is 26.3 Å². The van der Waals surface area contributed by atoms with Crippen molar-refractivity contribution < 1.29 is 24.0 Å². The summed E-state index contributed by atoms with van der Waals surface area (Å²) in [6, 6.07) is 1.24. The number of amides is 1. The van der Waals surface area contributed by atoms with Crippen LogP contribution < -0.4 is 5.32 Å². The van der Waals surface area contributed by atoms with E-state index in [0.29, 0.717) is 6.07 Å². The van der Waals surface area contributed by atoms with Crippen LogP contribution in [0.3, 0.4) is 0 Å². The number of nitro benzene ring substituents is 1. The van der Waals surface area contributed by atoms with Gasteiger partial charge in [0.1, 0.15) is 17.4 Å². The van der Waals surface area contributed by atoms with Gasteiger partial charge in [0.25, 0.3) is 11.6 Å². The average Bonchev–Trinajstić information content (AvgIpc) is 2.36. The highest BCUT2D eigenvalue weighted by molar-refractivity contribution is 5.99. The second-order valence-electron chi connectivity index (χ2n) is 4.91. The predicted octanol–water partition coefficient (Wildman–Crippen LogP) is 1.96. The zero-order chi connectivity index (χ0) is 16.2. The second kappa shape index (κ2) is 6.78. The Morgan fingerprint density at radius 1 is 1.43 bits per heavy atom. The molecule has 0 heterocycles. The first-order valence-corrected chi connectivity index (χ1v) is 6.20. The monoisotopic (exact) mass is 298 g/mol. The molecule has 114 valence electrons. The molecule has 0 aliphatic heterocycles. The van der Waals surface area contributed by atoms with Gasteiger partial charge >= 0.3 is 5.97 Å². The molecule has 0 saturated heterocycles. The van der Waals surface area contributed by atoms with Crippen molar-refractivity contribution in [1.82, 2.24) is 5.32 Å². The van der Waals surface area contributed by atoms with Gasteiger partial charge in [-0.3, -0.25) is 14.9 Å². The summed E-state index contributed by atoms with van der Waals surface area (Å²) < 4.78 is 13.2. The average molecular weight is 298 g/mol. The topological polar surface area (TPSA) is 110 Å². The first-order chi connectivity index (χ1) is 9.72. The van der Waals surface area contributed by atoms with Crippen LogP contribution in [0.4, 0.5) is 10.1 Å². The van der Waals surface area contributed by atoms with Crippen molar-refractivity contribution in [1.29, 1.82) is 0 Å². The smallest absolute Gasteiger partial charge is 0.326 e. The molecule has 0 aliphatic rings.